The molecule has 0 N–H and O–H groups in total. The fourth-order valence-electron chi connectivity index (χ4n) is 3.34. The summed E-state index contributed by atoms with van der Waals surface area (Å²) in [6, 6.07) is 16.2. The summed E-state index contributed by atoms with van der Waals surface area (Å²) in [4.78, 5) is 14.6. The van der Waals surface area contributed by atoms with Gasteiger partial charge in [-0.1, -0.05) is 18.2 Å². The van der Waals surface area contributed by atoms with E-state index in [0.29, 0.717) is 24.3 Å². The first-order valence-electron chi connectivity index (χ1n) is 9.32. The van der Waals surface area contributed by atoms with E-state index >= 15 is 0 Å². The number of amides is 1. The Balaban J connectivity index is 1.93. The van der Waals surface area contributed by atoms with Crippen LogP contribution in [0.4, 0.5) is 5.69 Å². The largest absolute Gasteiger partial charge is 0.372 e. The van der Waals surface area contributed by atoms with E-state index in [-0.39, 0.29) is 29.6 Å². The van der Waals surface area contributed by atoms with Gasteiger partial charge in [0.25, 0.3) is 10.0 Å². The summed E-state index contributed by atoms with van der Waals surface area (Å²) < 4.78 is 33.4. The number of nitrogens with zero attached hydrogens (tertiary/aromatic N) is 3. The number of morpholine rings is 1. The Hall–Kier alpha value is -2.89. The minimum absolute atomic E-state index is 0.0249. The molecule has 1 saturated heterocycles. The maximum atomic E-state index is 13.3. The van der Waals surface area contributed by atoms with Gasteiger partial charge in [0.1, 0.15) is 6.54 Å². The molecule has 8 heteroatoms. The maximum absolute atomic E-state index is 13.3. The van der Waals surface area contributed by atoms with Crippen LogP contribution < -0.4 is 4.31 Å². The smallest absolute Gasteiger partial charge is 0.264 e. The monoisotopic (exact) mass is 413 g/mol. The van der Waals surface area contributed by atoms with Crippen molar-refractivity contribution >= 4 is 21.6 Å². The van der Waals surface area contributed by atoms with Crippen LogP contribution in [0.15, 0.2) is 59.5 Å². The van der Waals surface area contributed by atoms with Gasteiger partial charge in [-0.2, -0.15) is 5.26 Å². The van der Waals surface area contributed by atoms with Crippen LogP contribution in [0.1, 0.15) is 19.4 Å². The minimum atomic E-state index is -3.99. The Bertz CT molecular complexity index is 990. The number of para-hydroxylation sites is 1. The molecule has 152 valence electrons. The van der Waals surface area contributed by atoms with Crippen molar-refractivity contribution in [3.8, 4) is 6.07 Å². The Morgan fingerprint density at radius 3 is 2.24 bits per heavy atom. The fraction of sp³-hybridized carbons (Fsp3) is 0.333. The van der Waals surface area contributed by atoms with Crippen LogP contribution >= 0.6 is 0 Å². The first-order chi connectivity index (χ1) is 13.8. The van der Waals surface area contributed by atoms with Gasteiger partial charge in [0.05, 0.1) is 34.4 Å². The third-order valence-corrected chi connectivity index (χ3v) is 6.45. The SMILES string of the molecule is CC1CN(C(=O)CN(c2ccccc2)S(=O)(=O)c2ccc(C#N)cc2)CC(C)O1. The topological polar surface area (TPSA) is 90.7 Å². The van der Waals surface area contributed by atoms with Gasteiger partial charge in [0.2, 0.25) is 5.91 Å². The fourth-order valence-corrected chi connectivity index (χ4v) is 4.76. The van der Waals surface area contributed by atoms with Gasteiger partial charge >= 0.3 is 0 Å². The number of benzene rings is 2. The van der Waals surface area contributed by atoms with E-state index in [1.807, 2.05) is 19.9 Å². The second-order valence-electron chi connectivity index (χ2n) is 7.04. The van der Waals surface area contributed by atoms with Crippen molar-refractivity contribution in [2.45, 2.75) is 31.0 Å². The Labute approximate surface area is 171 Å². The van der Waals surface area contributed by atoms with Gasteiger partial charge in [-0.05, 0) is 50.2 Å². The molecule has 0 aliphatic carbocycles. The van der Waals surface area contributed by atoms with E-state index in [1.54, 1.807) is 35.2 Å². The van der Waals surface area contributed by atoms with E-state index in [9.17, 15) is 13.2 Å². The van der Waals surface area contributed by atoms with Crippen molar-refractivity contribution < 1.29 is 17.9 Å². The second kappa shape index (κ2) is 8.64. The Morgan fingerprint density at radius 2 is 1.69 bits per heavy atom. The number of anilines is 1. The predicted octanol–water partition coefficient (Wildman–Crippen LogP) is 2.39. The molecule has 29 heavy (non-hydrogen) atoms. The average Bonchev–Trinajstić information content (AvgIpc) is 2.71. The standard InChI is InChI=1S/C21H23N3O4S/c1-16-13-23(14-17(2)28-16)21(25)15-24(19-6-4-3-5-7-19)29(26,27)20-10-8-18(12-22)9-11-20/h3-11,16-17H,13-15H2,1-2H3. The Morgan fingerprint density at radius 1 is 1.10 bits per heavy atom. The zero-order valence-corrected chi connectivity index (χ0v) is 17.2. The molecule has 2 atom stereocenters. The lowest BCUT2D eigenvalue weighted by Gasteiger charge is -2.36. The molecule has 7 nitrogen and oxygen atoms in total. The molecule has 3 rings (SSSR count). The zero-order valence-electron chi connectivity index (χ0n) is 16.4. The molecule has 0 spiro atoms. The number of hydrogen-bond acceptors (Lipinski definition) is 5. The van der Waals surface area contributed by atoms with Gasteiger partial charge < -0.3 is 9.64 Å². The molecule has 1 aliphatic rings. The van der Waals surface area contributed by atoms with Gasteiger partial charge in [-0.25, -0.2) is 8.42 Å². The molecule has 1 aliphatic heterocycles. The summed E-state index contributed by atoms with van der Waals surface area (Å²) in [5.41, 5.74) is 0.766. The molecule has 2 aromatic carbocycles. The Kier molecular flexibility index (Phi) is 6.20. The molecule has 1 amide bonds. The quantitative estimate of drug-likeness (QED) is 0.751. The van der Waals surface area contributed by atoms with E-state index in [1.165, 1.54) is 24.3 Å². The minimum Gasteiger partial charge on any atom is -0.372 e. The lowest BCUT2D eigenvalue weighted by Crippen LogP contribution is -2.51. The normalized spacial score (nSPS) is 19.4. The zero-order chi connectivity index (χ0) is 21.0. The molecule has 0 saturated carbocycles. The second-order valence-corrected chi connectivity index (χ2v) is 8.90. The van der Waals surface area contributed by atoms with E-state index in [4.69, 9.17) is 10.00 Å². The lowest BCUT2D eigenvalue weighted by molar-refractivity contribution is -0.141. The van der Waals surface area contributed by atoms with Gasteiger partial charge in [-0.15, -0.1) is 0 Å². The van der Waals surface area contributed by atoms with E-state index in [0.717, 1.165) is 4.31 Å². The molecule has 1 fully saturated rings. The number of carbonyl (C=O) groups is 1. The third-order valence-electron chi connectivity index (χ3n) is 4.67. The van der Waals surface area contributed by atoms with E-state index in [2.05, 4.69) is 0 Å². The van der Waals surface area contributed by atoms with Crippen molar-refractivity contribution in [1.29, 1.82) is 5.26 Å². The highest BCUT2D eigenvalue weighted by Crippen LogP contribution is 2.24. The van der Waals surface area contributed by atoms with Gasteiger partial charge in [0, 0.05) is 13.1 Å². The summed E-state index contributed by atoms with van der Waals surface area (Å²) in [6.45, 7) is 4.30. The molecule has 1 heterocycles. The molecule has 0 aromatic heterocycles. The highest BCUT2D eigenvalue weighted by atomic mass is 32.2. The van der Waals surface area contributed by atoms with Crippen molar-refractivity contribution in [2.24, 2.45) is 0 Å². The molecular weight excluding hydrogens is 390 g/mol. The van der Waals surface area contributed by atoms with Crippen molar-refractivity contribution in [3.63, 3.8) is 0 Å². The molecule has 2 unspecified atom stereocenters. The number of ether oxygens (including phenoxy) is 1. The van der Waals surface area contributed by atoms with E-state index < -0.39 is 10.0 Å². The highest BCUT2D eigenvalue weighted by molar-refractivity contribution is 7.92. The number of carbonyl (C=O) groups excluding carboxylic acids is 1. The summed E-state index contributed by atoms with van der Waals surface area (Å²) in [6.07, 6.45) is -0.217. The van der Waals surface area contributed by atoms with Gasteiger partial charge in [0.15, 0.2) is 0 Å². The van der Waals surface area contributed by atoms with Crippen molar-refractivity contribution in [1.82, 2.24) is 4.90 Å². The summed E-state index contributed by atoms with van der Waals surface area (Å²) >= 11 is 0. The van der Waals surface area contributed by atoms with Crippen LogP contribution in [-0.4, -0.2) is 51.1 Å². The van der Waals surface area contributed by atoms with Crippen LogP contribution in [0.25, 0.3) is 0 Å². The predicted molar refractivity (Wildman–Crippen MR) is 109 cm³/mol. The van der Waals surface area contributed by atoms with Crippen LogP contribution in [0.5, 0.6) is 0 Å². The molecule has 2 aromatic rings. The summed E-state index contributed by atoms with van der Waals surface area (Å²) in [5.74, 6) is -0.284. The number of sulfonamides is 1. The number of rotatable bonds is 5. The van der Waals surface area contributed by atoms with Crippen LogP contribution in [0.3, 0.4) is 0 Å². The van der Waals surface area contributed by atoms with Crippen molar-refractivity contribution in [3.05, 3.63) is 60.2 Å². The summed E-state index contributed by atoms with van der Waals surface area (Å²) in [7, 11) is -3.99. The third kappa shape index (κ3) is 4.75. The maximum Gasteiger partial charge on any atom is 0.264 e. The number of hydrogen-bond donors (Lipinski definition) is 0. The van der Waals surface area contributed by atoms with Gasteiger partial charge in [-0.3, -0.25) is 9.10 Å². The lowest BCUT2D eigenvalue weighted by atomic mass is 10.2. The van der Waals surface area contributed by atoms with Crippen LogP contribution in [0, 0.1) is 11.3 Å². The highest BCUT2D eigenvalue weighted by Gasteiger charge is 2.31. The molecule has 0 bridgehead atoms. The first-order valence-corrected chi connectivity index (χ1v) is 10.8. The van der Waals surface area contributed by atoms with Crippen LogP contribution in [-0.2, 0) is 19.6 Å². The molecule has 0 radical (unpaired) electrons. The molecular formula is C21H23N3O4S. The first kappa shape index (κ1) is 20.8. The van der Waals surface area contributed by atoms with Crippen LogP contribution in [0.2, 0.25) is 0 Å². The average molecular weight is 413 g/mol. The number of nitriles is 1. The van der Waals surface area contributed by atoms with Crippen molar-refractivity contribution in [2.75, 3.05) is 23.9 Å². The summed E-state index contributed by atoms with van der Waals surface area (Å²) in [5, 5.41) is 8.95.